The largest absolute Gasteiger partial charge is 0.311 e. The first kappa shape index (κ1) is 7.45. The van der Waals surface area contributed by atoms with Gasteiger partial charge in [0.15, 0.2) is 7.85 Å². The summed E-state index contributed by atoms with van der Waals surface area (Å²) in [5.41, 5.74) is 0.577. The Balaban J connectivity index is 2.27. The zero-order valence-corrected chi connectivity index (χ0v) is 7.44. The zero-order chi connectivity index (χ0) is 8.11. The van der Waals surface area contributed by atoms with E-state index >= 15 is 0 Å². The second-order valence-electron chi connectivity index (χ2n) is 4.82. The molecular formula is C8H14B2O. The Kier molecular flexibility index (Phi) is 1.31. The number of fused-ring (bicyclic) bond motifs is 2. The predicted molar refractivity (Wildman–Crippen MR) is 50.3 cm³/mol. The minimum absolute atomic E-state index is 0.134. The molecule has 1 nitrogen and oxygen atoms in total. The third-order valence-electron chi connectivity index (χ3n) is 3.93. The van der Waals surface area contributed by atoms with Gasteiger partial charge >= 0.3 is 0 Å². The SMILES string of the molecule is BC(=O)C12CCC(B)(CC1)C2. The van der Waals surface area contributed by atoms with Gasteiger partial charge in [0.25, 0.3) is 0 Å². The van der Waals surface area contributed by atoms with Gasteiger partial charge in [0.05, 0.1) is 5.68 Å². The normalized spacial score (nSPS) is 48.0. The van der Waals surface area contributed by atoms with Crippen molar-refractivity contribution in [3.63, 3.8) is 0 Å². The molecule has 0 heterocycles. The van der Waals surface area contributed by atoms with Gasteiger partial charge in [0.2, 0.25) is 0 Å². The summed E-state index contributed by atoms with van der Waals surface area (Å²) in [7, 11) is 4.11. The van der Waals surface area contributed by atoms with Crippen molar-refractivity contribution in [1.82, 2.24) is 0 Å². The van der Waals surface area contributed by atoms with Gasteiger partial charge in [-0.1, -0.05) is 18.2 Å². The molecule has 3 heteroatoms. The number of hydrogen-bond donors (Lipinski definition) is 0. The molecule has 0 saturated heterocycles. The van der Waals surface area contributed by atoms with Crippen molar-refractivity contribution in [3.05, 3.63) is 0 Å². The van der Waals surface area contributed by atoms with Gasteiger partial charge in [-0.3, -0.25) is 0 Å². The van der Waals surface area contributed by atoms with Crippen LogP contribution in [0.4, 0.5) is 0 Å². The fourth-order valence-electron chi connectivity index (χ4n) is 2.98. The van der Waals surface area contributed by atoms with Crippen LogP contribution in [0.2, 0.25) is 5.31 Å². The number of carbonyl (C=O) groups is 1. The standard InChI is InChI=1S/C8H14B2O/c9-6(11)7-1-3-8(10,5-7)4-2-7/h1-5,9-10H2. The lowest BCUT2D eigenvalue weighted by Gasteiger charge is -2.23. The maximum atomic E-state index is 11.4. The van der Waals surface area contributed by atoms with Crippen LogP contribution >= 0.6 is 0 Å². The summed E-state index contributed by atoms with van der Waals surface area (Å²) < 4.78 is 0. The highest BCUT2D eigenvalue weighted by atomic mass is 16.1. The van der Waals surface area contributed by atoms with Crippen LogP contribution in [-0.2, 0) is 4.79 Å². The van der Waals surface area contributed by atoms with Crippen LogP contribution in [0.3, 0.4) is 0 Å². The molecule has 0 aromatic heterocycles. The van der Waals surface area contributed by atoms with E-state index in [0.29, 0.717) is 11.0 Å². The summed E-state index contributed by atoms with van der Waals surface area (Å²) in [6.07, 6.45) is 6.08. The van der Waals surface area contributed by atoms with Crippen molar-refractivity contribution in [2.45, 2.75) is 37.4 Å². The van der Waals surface area contributed by atoms with Crippen molar-refractivity contribution in [2.75, 3.05) is 0 Å². The molecule has 0 aliphatic heterocycles. The van der Waals surface area contributed by atoms with E-state index in [1.165, 1.54) is 32.1 Å². The molecule has 0 spiro atoms. The zero-order valence-electron chi connectivity index (χ0n) is 7.44. The van der Waals surface area contributed by atoms with E-state index in [-0.39, 0.29) is 5.41 Å². The Morgan fingerprint density at radius 1 is 1.18 bits per heavy atom. The molecule has 2 saturated carbocycles. The molecule has 0 unspecified atom stereocenters. The third-order valence-corrected chi connectivity index (χ3v) is 3.93. The lowest BCUT2D eigenvalue weighted by atomic mass is 9.67. The van der Waals surface area contributed by atoms with Gasteiger partial charge in [-0.25, -0.2) is 0 Å². The molecule has 0 N–H and O–H groups in total. The molecular weight excluding hydrogens is 134 g/mol. The van der Waals surface area contributed by atoms with Gasteiger partial charge in [-0.05, 0) is 19.3 Å². The lowest BCUT2D eigenvalue weighted by Crippen LogP contribution is -2.25. The van der Waals surface area contributed by atoms with E-state index in [1.807, 2.05) is 0 Å². The summed E-state index contributed by atoms with van der Waals surface area (Å²) in [6.45, 7) is 0. The first-order valence-electron chi connectivity index (χ1n) is 4.58. The van der Waals surface area contributed by atoms with Crippen LogP contribution in [0, 0.1) is 5.41 Å². The van der Waals surface area contributed by atoms with E-state index in [9.17, 15) is 4.79 Å². The van der Waals surface area contributed by atoms with Crippen LogP contribution in [-0.4, -0.2) is 21.4 Å². The van der Waals surface area contributed by atoms with Gasteiger partial charge in [-0.15, -0.1) is 0 Å². The Morgan fingerprint density at radius 2 is 1.73 bits per heavy atom. The topological polar surface area (TPSA) is 17.1 Å². The van der Waals surface area contributed by atoms with Crippen molar-refractivity contribution in [1.29, 1.82) is 0 Å². The number of hydrogen-bond acceptors (Lipinski definition) is 1. The first-order chi connectivity index (χ1) is 5.06. The summed E-state index contributed by atoms with van der Waals surface area (Å²) >= 11 is 0. The van der Waals surface area contributed by atoms with Crippen LogP contribution in [0.1, 0.15) is 32.1 Å². The highest BCUT2D eigenvalue weighted by Crippen LogP contribution is 2.64. The fraction of sp³-hybridized carbons (Fsp3) is 0.875. The quantitative estimate of drug-likeness (QED) is 0.474. The van der Waals surface area contributed by atoms with Gasteiger partial charge in [0, 0.05) is 5.41 Å². The summed E-state index contributed by atoms with van der Waals surface area (Å²) in [5.74, 6) is 0. The molecule has 11 heavy (non-hydrogen) atoms. The minimum atomic E-state index is 0.134. The minimum Gasteiger partial charge on any atom is -0.311 e. The Labute approximate surface area is 69.7 Å². The molecule has 0 aromatic carbocycles. The Bertz CT molecular complexity index is 204. The summed E-state index contributed by atoms with van der Waals surface area (Å²) in [6, 6.07) is 0. The molecule has 0 aromatic rings. The van der Waals surface area contributed by atoms with Gasteiger partial charge < -0.3 is 4.79 Å². The van der Waals surface area contributed by atoms with Gasteiger partial charge in [0.1, 0.15) is 7.85 Å². The molecule has 0 radical (unpaired) electrons. The Hall–Kier alpha value is -0.200. The lowest BCUT2D eigenvalue weighted by molar-refractivity contribution is -0.120. The van der Waals surface area contributed by atoms with E-state index < -0.39 is 0 Å². The van der Waals surface area contributed by atoms with Crippen LogP contribution in [0.5, 0.6) is 0 Å². The van der Waals surface area contributed by atoms with Crippen molar-refractivity contribution >= 4 is 21.4 Å². The van der Waals surface area contributed by atoms with E-state index in [0.717, 1.165) is 0 Å². The molecule has 0 amide bonds. The van der Waals surface area contributed by atoms with Crippen molar-refractivity contribution < 1.29 is 4.79 Å². The maximum absolute atomic E-state index is 11.4. The van der Waals surface area contributed by atoms with E-state index in [2.05, 4.69) is 7.85 Å². The second-order valence-corrected chi connectivity index (χ2v) is 4.82. The molecule has 58 valence electrons. The van der Waals surface area contributed by atoms with Crippen LogP contribution < -0.4 is 0 Å². The highest BCUT2D eigenvalue weighted by Gasteiger charge is 2.53. The van der Waals surface area contributed by atoms with Crippen LogP contribution in [0.25, 0.3) is 0 Å². The highest BCUT2D eigenvalue weighted by molar-refractivity contribution is 6.59. The average Bonchev–Trinajstić information content (AvgIpc) is 2.42. The van der Waals surface area contributed by atoms with E-state index in [4.69, 9.17) is 0 Å². The third kappa shape index (κ3) is 0.896. The first-order valence-corrected chi connectivity index (χ1v) is 4.58. The maximum Gasteiger partial charge on any atom is 0.187 e. The van der Waals surface area contributed by atoms with E-state index in [1.54, 1.807) is 7.85 Å². The molecule has 2 bridgehead atoms. The number of rotatable bonds is 1. The number of carbonyl (C=O) groups excluding carboxylic acids is 1. The van der Waals surface area contributed by atoms with Crippen molar-refractivity contribution in [3.8, 4) is 0 Å². The smallest absolute Gasteiger partial charge is 0.187 e. The summed E-state index contributed by atoms with van der Waals surface area (Å²) in [5, 5.41) is 0.533. The molecule has 2 rings (SSSR count). The van der Waals surface area contributed by atoms with Gasteiger partial charge in [-0.2, -0.15) is 0 Å². The molecule has 2 aliphatic carbocycles. The Morgan fingerprint density at radius 3 is 1.91 bits per heavy atom. The predicted octanol–water partition coefficient (Wildman–Crippen LogP) is -0.0980. The fourth-order valence-corrected chi connectivity index (χ4v) is 2.98. The monoisotopic (exact) mass is 148 g/mol. The average molecular weight is 148 g/mol. The molecule has 2 aliphatic rings. The van der Waals surface area contributed by atoms with Crippen LogP contribution in [0.15, 0.2) is 0 Å². The second kappa shape index (κ2) is 1.94. The molecule has 2 fully saturated rings. The van der Waals surface area contributed by atoms with Crippen molar-refractivity contribution in [2.24, 2.45) is 5.41 Å². The summed E-state index contributed by atoms with van der Waals surface area (Å²) in [4.78, 5) is 11.4. The molecule has 0 atom stereocenters.